The summed E-state index contributed by atoms with van der Waals surface area (Å²) >= 11 is 5.97. The quantitative estimate of drug-likeness (QED) is 0.939. The van der Waals surface area contributed by atoms with Crippen LogP contribution >= 0.6 is 11.6 Å². The molecule has 2 aromatic rings. The molecule has 0 saturated carbocycles. The molecule has 2 aromatic heterocycles. The first-order valence-electron chi connectivity index (χ1n) is 6.44. The van der Waals surface area contributed by atoms with Crippen LogP contribution in [0.3, 0.4) is 0 Å². The molecule has 1 atom stereocenters. The Kier molecular flexibility index (Phi) is 4.69. The van der Waals surface area contributed by atoms with Crippen molar-refractivity contribution in [2.45, 2.75) is 26.3 Å². The van der Waals surface area contributed by atoms with Gasteiger partial charge in [-0.25, -0.2) is 0 Å². The normalized spacial score (nSPS) is 11.9. The van der Waals surface area contributed by atoms with Gasteiger partial charge in [0.1, 0.15) is 0 Å². The van der Waals surface area contributed by atoms with Gasteiger partial charge in [0.05, 0.1) is 22.3 Å². The van der Waals surface area contributed by atoms with Gasteiger partial charge in [-0.05, 0) is 31.0 Å². The zero-order valence-electron chi connectivity index (χ0n) is 11.4. The predicted molar refractivity (Wildman–Crippen MR) is 78.7 cm³/mol. The Labute approximate surface area is 123 Å². The number of aryl methyl sites for hydroxylation is 1. The van der Waals surface area contributed by atoms with Crippen molar-refractivity contribution >= 4 is 17.5 Å². The molecule has 0 aliphatic heterocycles. The summed E-state index contributed by atoms with van der Waals surface area (Å²) in [5.74, 6) is -0.216. The zero-order valence-corrected chi connectivity index (χ0v) is 12.2. The minimum Gasteiger partial charge on any atom is -0.344 e. The summed E-state index contributed by atoms with van der Waals surface area (Å²) < 4.78 is 0. The third kappa shape index (κ3) is 3.33. The van der Waals surface area contributed by atoms with Gasteiger partial charge in [0.15, 0.2) is 0 Å². The smallest absolute Gasteiger partial charge is 0.253 e. The second-order valence-corrected chi connectivity index (χ2v) is 4.96. The number of pyridine rings is 2. The number of aromatic nitrogens is 2. The molecule has 0 spiro atoms. The van der Waals surface area contributed by atoms with E-state index in [9.17, 15) is 4.79 Å². The summed E-state index contributed by atoms with van der Waals surface area (Å²) in [6.07, 6.45) is 5.56. The van der Waals surface area contributed by atoms with Crippen LogP contribution in [0.25, 0.3) is 0 Å². The zero-order chi connectivity index (χ0) is 14.5. The molecular weight excluding hydrogens is 274 g/mol. The van der Waals surface area contributed by atoms with Crippen LogP contribution < -0.4 is 5.32 Å². The molecule has 1 amide bonds. The minimum atomic E-state index is -0.216. The van der Waals surface area contributed by atoms with Gasteiger partial charge in [0.2, 0.25) is 0 Å². The molecule has 0 unspecified atom stereocenters. The summed E-state index contributed by atoms with van der Waals surface area (Å²) in [4.78, 5) is 20.5. The molecule has 0 saturated heterocycles. The molecule has 1 N–H and O–H groups in total. The van der Waals surface area contributed by atoms with Crippen molar-refractivity contribution in [2.24, 2.45) is 0 Å². The van der Waals surface area contributed by atoms with E-state index in [-0.39, 0.29) is 11.9 Å². The van der Waals surface area contributed by atoms with E-state index in [2.05, 4.69) is 15.3 Å². The van der Waals surface area contributed by atoms with E-state index in [1.165, 1.54) is 6.20 Å². The molecule has 0 fully saturated rings. The first-order valence-corrected chi connectivity index (χ1v) is 6.82. The van der Waals surface area contributed by atoms with Crippen molar-refractivity contribution in [2.75, 3.05) is 0 Å². The van der Waals surface area contributed by atoms with Crippen LogP contribution in [-0.4, -0.2) is 15.9 Å². The number of hydrogen-bond acceptors (Lipinski definition) is 3. The average molecular weight is 290 g/mol. The molecule has 0 aromatic carbocycles. The number of halogens is 1. The average Bonchev–Trinajstić information content (AvgIpc) is 2.46. The van der Waals surface area contributed by atoms with Crippen molar-refractivity contribution in [3.05, 3.63) is 58.6 Å². The van der Waals surface area contributed by atoms with Crippen LogP contribution in [0.2, 0.25) is 5.02 Å². The maximum atomic E-state index is 12.2. The Bertz CT molecular complexity index is 598. The Morgan fingerprint density at radius 2 is 2.15 bits per heavy atom. The lowest BCUT2D eigenvalue weighted by Gasteiger charge is -2.17. The third-order valence-electron chi connectivity index (χ3n) is 3.02. The number of amides is 1. The van der Waals surface area contributed by atoms with Crippen LogP contribution in [-0.2, 0) is 0 Å². The van der Waals surface area contributed by atoms with Crippen LogP contribution in [0.4, 0.5) is 0 Å². The third-order valence-corrected chi connectivity index (χ3v) is 3.32. The predicted octanol–water partition coefficient (Wildman–Crippen LogP) is 3.32. The van der Waals surface area contributed by atoms with Gasteiger partial charge in [-0.3, -0.25) is 14.8 Å². The van der Waals surface area contributed by atoms with Crippen LogP contribution in [0.1, 0.15) is 41.0 Å². The number of hydrogen-bond donors (Lipinski definition) is 1. The topological polar surface area (TPSA) is 54.9 Å². The highest BCUT2D eigenvalue weighted by Gasteiger charge is 2.16. The van der Waals surface area contributed by atoms with Gasteiger partial charge < -0.3 is 5.32 Å². The highest BCUT2D eigenvalue weighted by Crippen LogP contribution is 2.18. The van der Waals surface area contributed by atoms with Crippen molar-refractivity contribution in [1.82, 2.24) is 15.3 Å². The first-order chi connectivity index (χ1) is 9.61. The Hall–Kier alpha value is -1.94. The maximum absolute atomic E-state index is 12.2. The molecule has 0 bridgehead atoms. The lowest BCUT2D eigenvalue weighted by Crippen LogP contribution is -2.29. The number of carbonyl (C=O) groups is 1. The van der Waals surface area contributed by atoms with Crippen molar-refractivity contribution in [3.63, 3.8) is 0 Å². The molecular formula is C15H16ClN3O. The Morgan fingerprint density at radius 3 is 2.75 bits per heavy atom. The number of nitrogens with one attached hydrogen (secondary N) is 1. The summed E-state index contributed by atoms with van der Waals surface area (Å²) in [6, 6.07) is 5.38. The first kappa shape index (κ1) is 14.5. The molecule has 2 heterocycles. The van der Waals surface area contributed by atoms with Gasteiger partial charge >= 0.3 is 0 Å². The molecule has 4 nitrogen and oxygen atoms in total. The summed E-state index contributed by atoms with van der Waals surface area (Å²) in [5.41, 5.74) is 2.36. The fraction of sp³-hybridized carbons (Fsp3) is 0.267. The van der Waals surface area contributed by atoms with Gasteiger partial charge in [-0.1, -0.05) is 24.6 Å². The van der Waals surface area contributed by atoms with Gasteiger partial charge in [0, 0.05) is 18.6 Å². The van der Waals surface area contributed by atoms with E-state index in [0.717, 1.165) is 17.7 Å². The SMILES string of the molecule is CC[C@@H](NC(=O)c1ccncc1Cl)c1ccc(C)cn1. The fourth-order valence-corrected chi connectivity index (χ4v) is 2.07. The minimum absolute atomic E-state index is 0.132. The van der Waals surface area contributed by atoms with E-state index in [1.54, 1.807) is 18.5 Å². The largest absolute Gasteiger partial charge is 0.344 e. The molecule has 0 aliphatic carbocycles. The van der Waals surface area contributed by atoms with Crippen molar-refractivity contribution in [3.8, 4) is 0 Å². The molecule has 20 heavy (non-hydrogen) atoms. The molecule has 0 aliphatic rings. The number of rotatable bonds is 4. The second-order valence-electron chi connectivity index (χ2n) is 4.55. The summed E-state index contributed by atoms with van der Waals surface area (Å²) in [5, 5.41) is 3.29. The fourth-order valence-electron chi connectivity index (χ4n) is 1.87. The maximum Gasteiger partial charge on any atom is 0.253 e. The number of carbonyl (C=O) groups excluding carboxylic acids is 1. The van der Waals surface area contributed by atoms with E-state index in [4.69, 9.17) is 11.6 Å². The van der Waals surface area contributed by atoms with E-state index < -0.39 is 0 Å². The second kappa shape index (κ2) is 6.48. The Balaban J connectivity index is 2.16. The molecule has 0 radical (unpaired) electrons. The van der Waals surface area contributed by atoms with Crippen LogP contribution in [0.15, 0.2) is 36.8 Å². The highest BCUT2D eigenvalue weighted by atomic mass is 35.5. The standard InChI is InChI=1S/C15H16ClN3O/c1-3-13(14-5-4-10(2)8-18-14)19-15(20)11-6-7-17-9-12(11)16/h4-9,13H,3H2,1-2H3,(H,19,20)/t13-/m1/s1. The Morgan fingerprint density at radius 1 is 1.35 bits per heavy atom. The highest BCUT2D eigenvalue weighted by molar-refractivity contribution is 6.33. The lowest BCUT2D eigenvalue weighted by atomic mass is 10.1. The molecule has 104 valence electrons. The van der Waals surface area contributed by atoms with Gasteiger partial charge in [-0.2, -0.15) is 0 Å². The van der Waals surface area contributed by atoms with Gasteiger partial charge in [0.25, 0.3) is 5.91 Å². The van der Waals surface area contributed by atoms with Gasteiger partial charge in [-0.15, -0.1) is 0 Å². The molecule has 5 heteroatoms. The monoisotopic (exact) mass is 289 g/mol. The van der Waals surface area contributed by atoms with E-state index in [0.29, 0.717) is 10.6 Å². The summed E-state index contributed by atoms with van der Waals surface area (Å²) in [6.45, 7) is 3.98. The van der Waals surface area contributed by atoms with E-state index in [1.807, 2.05) is 26.0 Å². The molecule has 2 rings (SSSR count). The summed E-state index contributed by atoms with van der Waals surface area (Å²) in [7, 11) is 0. The van der Waals surface area contributed by atoms with Crippen LogP contribution in [0.5, 0.6) is 0 Å². The van der Waals surface area contributed by atoms with Crippen molar-refractivity contribution in [1.29, 1.82) is 0 Å². The number of nitrogens with zero attached hydrogens (tertiary/aromatic N) is 2. The lowest BCUT2D eigenvalue weighted by molar-refractivity contribution is 0.0934. The van der Waals surface area contributed by atoms with Crippen LogP contribution in [0, 0.1) is 6.92 Å². The van der Waals surface area contributed by atoms with Crippen molar-refractivity contribution < 1.29 is 4.79 Å². The van der Waals surface area contributed by atoms with E-state index >= 15 is 0 Å².